The Bertz CT molecular complexity index is 1260. The molecule has 0 saturated carbocycles. The Labute approximate surface area is 201 Å². The molecular weight excluding hydrogens is 451 g/mol. The van der Waals surface area contributed by atoms with Crippen molar-refractivity contribution in [3.8, 4) is 22.6 Å². The van der Waals surface area contributed by atoms with Gasteiger partial charge >= 0.3 is 0 Å². The van der Waals surface area contributed by atoms with Gasteiger partial charge in [0, 0.05) is 35.8 Å². The molecule has 1 aromatic carbocycles. The van der Waals surface area contributed by atoms with Gasteiger partial charge in [-0.2, -0.15) is 9.37 Å². The van der Waals surface area contributed by atoms with Gasteiger partial charge < -0.3 is 20.5 Å². The van der Waals surface area contributed by atoms with E-state index < -0.39 is 5.95 Å². The summed E-state index contributed by atoms with van der Waals surface area (Å²) in [4.78, 5) is 16.5. The van der Waals surface area contributed by atoms with E-state index in [4.69, 9.17) is 15.2 Å². The van der Waals surface area contributed by atoms with Crippen molar-refractivity contribution in [3.63, 3.8) is 0 Å². The molecule has 4 aromatic rings. The maximum Gasteiger partial charge on any atom is 0.226 e. The maximum absolute atomic E-state index is 13.3. The minimum Gasteiger partial charge on any atom is -0.368 e. The molecule has 4 heterocycles. The van der Waals surface area contributed by atoms with Crippen molar-refractivity contribution in [2.45, 2.75) is 32.1 Å². The summed E-state index contributed by atoms with van der Waals surface area (Å²) in [5.41, 5.74) is 8.76. The second-order valence-electron chi connectivity index (χ2n) is 8.02. The molecule has 5 rings (SSSR count). The Morgan fingerprint density at radius 1 is 1.06 bits per heavy atom. The molecule has 0 bridgehead atoms. The lowest BCUT2D eigenvalue weighted by molar-refractivity contribution is -0.163. The number of nitrogens with one attached hydrogen (secondary N) is 1. The molecule has 3 N–H and O–H groups in total. The highest BCUT2D eigenvalue weighted by molar-refractivity contribution is 5.65. The molecule has 0 spiro atoms. The van der Waals surface area contributed by atoms with Crippen LogP contribution in [0.3, 0.4) is 0 Å². The third-order valence-corrected chi connectivity index (χ3v) is 5.51. The summed E-state index contributed by atoms with van der Waals surface area (Å²) in [6, 6.07) is 12.4. The predicted octanol–water partition coefficient (Wildman–Crippen LogP) is 3.81. The molecule has 0 radical (unpaired) electrons. The first-order valence-corrected chi connectivity index (χ1v) is 11.4. The fourth-order valence-corrected chi connectivity index (χ4v) is 3.72. The van der Waals surface area contributed by atoms with Crippen LogP contribution in [0.5, 0.6) is 0 Å². The number of benzene rings is 1. The van der Waals surface area contributed by atoms with Gasteiger partial charge in [-0.05, 0) is 49.6 Å². The Morgan fingerprint density at radius 2 is 1.91 bits per heavy atom. The van der Waals surface area contributed by atoms with Gasteiger partial charge in [-0.25, -0.2) is 19.6 Å². The summed E-state index contributed by atoms with van der Waals surface area (Å²) in [6.07, 6.45) is 5.90. The third-order valence-electron chi connectivity index (χ3n) is 5.51. The standard InChI is InChI=1S/C24H25FN8O2/c25-20-9-6-17(15-28-20)22-31-24(33(32-22)12-14-35-21-3-1-2-13-34-21)29-18-7-4-16(5-8-18)19-10-11-27-23(26)30-19/h4-11,15,21H,1-3,12-14H2,(H2,26,27,30)(H,29,31,32). The van der Waals surface area contributed by atoms with Crippen LogP contribution in [0, 0.1) is 5.95 Å². The van der Waals surface area contributed by atoms with Gasteiger partial charge in [-0.15, -0.1) is 5.10 Å². The molecule has 1 fully saturated rings. The number of pyridine rings is 1. The van der Waals surface area contributed by atoms with Crippen molar-refractivity contribution in [2.75, 3.05) is 24.3 Å². The fraction of sp³-hybridized carbons (Fsp3) is 0.292. The number of ether oxygens (including phenoxy) is 2. The summed E-state index contributed by atoms with van der Waals surface area (Å²) in [5.74, 6) is 0.623. The van der Waals surface area contributed by atoms with Crippen LogP contribution >= 0.6 is 0 Å². The first kappa shape index (κ1) is 22.8. The average Bonchev–Trinajstić information content (AvgIpc) is 3.28. The molecular formula is C24H25FN8O2. The van der Waals surface area contributed by atoms with Crippen molar-refractivity contribution >= 4 is 17.6 Å². The van der Waals surface area contributed by atoms with Gasteiger partial charge in [-0.3, -0.25) is 0 Å². The van der Waals surface area contributed by atoms with Gasteiger partial charge in [0.1, 0.15) is 0 Å². The lowest BCUT2D eigenvalue weighted by Crippen LogP contribution is -2.24. The van der Waals surface area contributed by atoms with Gasteiger partial charge in [0.05, 0.1) is 18.8 Å². The van der Waals surface area contributed by atoms with Crippen molar-refractivity contribution in [1.29, 1.82) is 0 Å². The van der Waals surface area contributed by atoms with Gasteiger partial charge in [0.2, 0.25) is 17.8 Å². The van der Waals surface area contributed by atoms with E-state index in [1.165, 1.54) is 12.3 Å². The highest BCUT2D eigenvalue weighted by Gasteiger charge is 2.16. The molecule has 180 valence electrons. The number of hydrogen-bond acceptors (Lipinski definition) is 9. The summed E-state index contributed by atoms with van der Waals surface area (Å²) in [6.45, 7) is 1.60. The zero-order valence-electron chi connectivity index (χ0n) is 19.0. The molecule has 0 amide bonds. The van der Waals surface area contributed by atoms with Crippen molar-refractivity contribution < 1.29 is 13.9 Å². The monoisotopic (exact) mass is 476 g/mol. The Morgan fingerprint density at radius 3 is 2.66 bits per heavy atom. The maximum atomic E-state index is 13.3. The predicted molar refractivity (Wildman–Crippen MR) is 128 cm³/mol. The lowest BCUT2D eigenvalue weighted by Gasteiger charge is -2.22. The van der Waals surface area contributed by atoms with Gasteiger partial charge in [-0.1, -0.05) is 12.1 Å². The number of hydrogen-bond donors (Lipinski definition) is 2. The zero-order chi connectivity index (χ0) is 24.0. The zero-order valence-corrected chi connectivity index (χ0v) is 19.0. The summed E-state index contributed by atoms with van der Waals surface area (Å²) >= 11 is 0. The van der Waals surface area contributed by atoms with E-state index >= 15 is 0 Å². The number of nitrogens with zero attached hydrogens (tertiary/aromatic N) is 6. The molecule has 3 aromatic heterocycles. The SMILES string of the molecule is Nc1nccc(-c2ccc(Nc3nc(-c4ccc(F)nc4)nn3CCOC3CCCCO3)cc2)n1. The van der Waals surface area contributed by atoms with Crippen LogP contribution < -0.4 is 11.1 Å². The largest absolute Gasteiger partial charge is 0.368 e. The Hall–Kier alpha value is -3.96. The number of halogens is 1. The average molecular weight is 477 g/mol. The van der Waals surface area contributed by atoms with Gasteiger partial charge in [0.15, 0.2) is 12.1 Å². The number of rotatable bonds is 8. The minimum absolute atomic E-state index is 0.187. The smallest absolute Gasteiger partial charge is 0.226 e. The van der Waals surface area contributed by atoms with Crippen LogP contribution in [-0.2, 0) is 16.0 Å². The first-order chi connectivity index (χ1) is 17.1. The highest BCUT2D eigenvalue weighted by Crippen LogP contribution is 2.24. The van der Waals surface area contributed by atoms with Crippen molar-refractivity contribution in [2.24, 2.45) is 0 Å². The lowest BCUT2D eigenvalue weighted by atomic mass is 10.1. The van der Waals surface area contributed by atoms with E-state index in [9.17, 15) is 4.39 Å². The van der Waals surface area contributed by atoms with Crippen LogP contribution in [0.1, 0.15) is 19.3 Å². The number of anilines is 3. The highest BCUT2D eigenvalue weighted by atomic mass is 19.1. The quantitative estimate of drug-likeness (QED) is 0.365. The van der Waals surface area contributed by atoms with E-state index in [0.29, 0.717) is 30.5 Å². The van der Waals surface area contributed by atoms with Crippen LogP contribution in [-0.4, -0.2) is 49.2 Å². The second kappa shape index (κ2) is 10.5. The molecule has 1 unspecified atom stereocenters. The van der Waals surface area contributed by atoms with E-state index in [1.807, 2.05) is 24.3 Å². The van der Waals surface area contributed by atoms with Crippen LogP contribution in [0.4, 0.5) is 22.0 Å². The molecule has 1 saturated heterocycles. The second-order valence-corrected chi connectivity index (χ2v) is 8.02. The summed E-state index contributed by atoms with van der Waals surface area (Å²) in [7, 11) is 0. The molecule has 35 heavy (non-hydrogen) atoms. The number of nitrogen functional groups attached to an aromatic ring is 1. The van der Waals surface area contributed by atoms with Gasteiger partial charge in [0.25, 0.3) is 0 Å². The van der Waals surface area contributed by atoms with E-state index in [-0.39, 0.29) is 12.2 Å². The van der Waals surface area contributed by atoms with E-state index in [0.717, 1.165) is 42.8 Å². The molecule has 10 nitrogen and oxygen atoms in total. The molecule has 1 aliphatic rings. The fourth-order valence-electron chi connectivity index (χ4n) is 3.72. The summed E-state index contributed by atoms with van der Waals surface area (Å²) < 4.78 is 26.5. The van der Waals surface area contributed by atoms with Crippen LogP contribution in [0.15, 0.2) is 54.9 Å². The van der Waals surface area contributed by atoms with Crippen LogP contribution in [0.25, 0.3) is 22.6 Å². The van der Waals surface area contributed by atoms with E-state index in [1.54, 1.807) is 23.0 Å². The Balaban J connectivity index is 1.34. The minimum atomic E-state index is -0.557. The number of nitrogens with two attached hydrogens (primary N) is 1. The van der Waals surface area contributed by atoms with Crippen molar-refractivity contribution in [3.05, 3.63) is 60.8 Å². The topological polar surface area (TPSA) is 126 Å². The number of aromatic nitrogens is 6. The van der Waals surface area contributed by atoms with E-state index in [2.05, 4.69) is 30.4 Å². The third kappa shape index (κ3) is 5.76. The Kier molecular flexibility index (Phi) is 6.87. The molecule has 1 atom stereocenters. The molecule has 1 aliphatic heterocycles. The normalized spacial score (nSPS) is 15.7. The van der Waals surface area contributed by atoms with Crippen molar-refractivity contribution in [1.82, 2.24) is 29.7 Å². The first-order valence-electron chi connectivity index (χ1n) is 11.4. The van der Waals surface area contributed by atoms with Crippen LogP contribution in [0.2, 0.25) is 0 Å². The molecule has 0 aliphatic carbocycles. The molecule has 11 heteroatoms. The summed E-state index contributed by atoms with van der Waals surface area (Å²) in [5, 5.41) is 7.90.